The van der Waals surface area contributed by atoms with Crippen LogP contribution in [0.3, 0.4) is 0 Å². The molecule has 8 nitrogen and oxygen atoms in total. The molecule has 2 aromatic heterocycles. The Bertz CT molecular complexity index is 723. The molecular formula is C11H18N6O2. The van der Waals surface area contributed by atoms with E-state index in [4.69, 9.17) is 5.84 Å². The number of nitrogens with two attached hydrogens (primary N) is 1. The number of rotatable bonds is 4. The Morgan fingerprint density at radius 3 is 2.53 bits per heavy atom. The van der Waals surface area contributed by atoms with Crippen molar-refractivity contribution in [2.24, 2.45) is 19.9 Å². The zero-order chi connectivity index (χ0) is 14.2. The molecule has 0 saturated heterocycles. The van der Waals surface area contributed by atoms with Crippen LogP contribution in [0.25, 0.3) is 11.2 Å². The van der Waals surface area contributed by atoms with Crippen LogP contribution in [-0.4, -0.2) is 18.7 Å². The number of nitrogens with one attached hydrogen (secondary N) is 1. The molecule has 2 heterocycles. The Labute approximate surface area is 109 Å². The predicted molar refractivity (Wildman–Crippen MR) is 72.9 cm³/mol. The minimum Gasteiger partial charge on any atom is -0.295 e. The Hall–Kier alpha value is -2.09. The lowest BCUT2D eigenvalue weighted by Gasteiger charge is -2.10. The molecule has 0 radical (unpaired) electrons. The van der Waals surface area contributed by atoms with Crippen molar-refractivity contribution in [2.75, 3.05) is 5.43 Å². The van der Waals surface area contributed by atoms with E-state index in [0.717, 1.165) is 17.4 Å². The summed E-state index contributed by atoms with van der Waals surface area (Å²) in [7, 11) is 3.05. The normalized spacial score (nSPS) is 11.2. The van der Waals surface area contributed by atoms with Gasteiger partial charge in [-0.25, -0.2) is 15.6 Å². The highest BCUT2D eigenvalue weighted by atomic mass is 16.2. The van der Waals surface area contributed by atoms with E-state index in [9.17, 15) is 9.59 Å². The lowest BCUT2D eigenvalue weighted by molar-refractivity contribution is 0.625. The fraction of sp³-hybridized carbons (Fsp3) is 0.545. The van der Waals surface area contributed by atoms with Crippen LogP contribution < -0.4 is 22.5 Å². The number of nitrogens with zero attached hydrogens (tertiary/aromatic N) is 4. The Kier molecular flexibility index (Phi) is 3.43. The third-order valence-corrected chi connectivity index (χ3v) is 3.20. The molecule has 19 heavy (non-hydrogen) atoms. The van der Waals surface area contributed by atoms with Crippen LogP contribution in [0, 0.1) is 0 Å². The molecule has 0 amide bonds. The topological polar surface area (TPSA) is 99.9 Å². The fourth-order valence-electron chi connectivity index (χ4n) is 2.13. The molecule has 8 heteroatoms. The molecule has 0 saturated carbocycles. The van der Waals surface area contributed by atoms with Gasteiger partial charge in [0.05, 0.1) is 0 Å². The minimum absolute atomic E-state index is 0.244. The third kappa shape index (κ3) is 1.93. The van der Waals surface area contributed by atoms with Gasteiger partial charge in [0, 0.05) is 20.6 Å². The molecule has 2 aromatic rings. The van der Waals surface area contributed by atoms with E-state index >= 15 is 0 Å². The number of aryl methyl sites for hydroxylation is 2. The number of aromatic nitrogens is 4. The fourth-order valence-corrected chi connectivity index (χ4v) is 2.13. The second-order valence-corrected chi connectivity index (χ2v) is 4.46. The van der Waals surface area contributed by atoms with E-state index in [1.807, 2.05) is 0 Å². The summed E-state index contributed by atoms with van der Waals surface area (Å²) >= 11 is 0. The summed E-state index contributed by atoms with van der Waals surface area (Å²) in [6.07, 6.45) is 1.89. The van der Waals surface area contributed by atoms with Gasteiger partial charge in [-0.1, -0.05) is 13.3 Å². The number of nitrogen functional groups attached to an aromatic ring is 1. The molecule has 0 aliphatic rings. The Balaban J connectivity index is 2.86. The number of anilines is 1. The third-order valence-electron chi connectivity index (χ3n) is 3.20. The quantitative estimate of drug-likeness (QED) is 0.575. The van der Waals surface area contributed by atoms with Crippen LogP contribution in [0.4, 0.5) is 5.95 Å². The van der Waals surface area contributed by atoms with Gasteiger partial charge in [-0.05, 0) is 6.42 Å². The van der Waals surface area contributed by atoms with Crippen molar-refractivity contribution < 1.29 is 0 Å². The Morgan fingerprint density at radius 1 is 1.26 bits per heavy atom. The zero-order valence-corrected chi connectivity index (χ0v) is 11.3. The van der Waals surface area contributed by atoms with Gasteiger partial charge in [-0.2, -0.15) is 0 Å². The SMILES string of the molecule is CCCCn1c(NN)nc2c(=O)n(C)c(=O)n(C)c21. The van der Waals surface area contributed by atoms with E-state index < -0.39 is 5.56 Å². The highest BCUT2D eigenvalue weighted by Crippen LogP contribution is 2.15. The summed E-state index contributed by atoms with van der Waals surface area (Å²) in [6.45, 7) is 2.71. The van der Waals surface area contributed by atoms with Crippen molar-refractivity contribution in [2.45, 2.75) is 26.3 Å². The van der Waals surface area contributed by atoms with E-state index in [-0.39, 0.29) is 11.2 Å². The van der Waals surface area contributed by atoms with E-state index in [1.165, 1.54) is 11.6 Å². The van der Waals surface area contributed by atoms with Crippen molar-refractivity contribution >= 4 is 17.1 Å². The van der Waals surface area contributed by atoms with Gasteiger partial charge in [0.15, 0.2) is 11.2 Å². The molecule has 0 bridgehead atoms. The number of unbranched alkanes of at least 4 members (excludes halogenated alkanes) is 1. The molecule has 0 aliphatic heterocycles. The smallest absolute Gasteiger partial charge is 0.295 e. The van der Waals surface area contributed by atoms with Crippen LogP contribution in [0.5, 0.6) is 0 Å². The number of hydrogen-bond acceptors (Lipinski definition) is 5. The number of fused-ring (bicyclic) bond motifs is 1. The average molecular weight is 266 g/mol. The van der Waals surface area contributed by atoms with Gasteiger partial charge in [0.25, 0.3) is 5.56 Å². The van der Waals surface area contributed by atoms with Gasteiger partial charge in [0.2, 0.25) is 5.95 Å². The number of hydrogen-bond donors (Lipinski definition) is 2. The highest BCUT2D eigenvalue weighted by molar-refractivity contribution is 5.74. The number of imidazole rings is 1. The number of hydrazine groups is 1. The first-order valence-corrected chi connectivity index (χ1v) is 6.15. The van der Waals surface area contributed by atoms with Crippen molar-refractivity contribution in [3.05, 3.63) is 20.8 Å². The lowest BCUT2D eigenvalue weighted by atomic mass is 10.3. The summed E-state index contributed by atoms with van der Waals surface area (Å²) in [5, 5.41) is 0. The zero-order valence-electron chi connectivity index (χ0n) is 11.3. The molecule has 0 unspecified atom stereocenters. The predicted octanol–water partition coefficient (Wildman–Crippen LogP) is -0.481. The van der Waals surface area contributed by atoms with Gasteiger partial charge in [0.1, 0.15) is 0 Å². The highest BCUT2D eigenvalue weighted by Gasteiger charge is 2.17. The second kappa shape index (κ2) is 4.88. The van der Waals surface area contributed by atoms with Crippen LogP contribution >= 0.6 is 0 Å². The molecule has 0 aromatic carbocycles. The summed E-state index contributed by atoms with van der Waals surface area (Å²) in [5.74, 6) is 5.82. The first-order valence-electron chi connectivity index (χ1n) is 6.15. The summed E-state index contributed by atoms with van der Waals surface area (Å²) in [4.78, 5) is 28.2. The van der Waals surface area contributed by atoms with Gasteiger partial charge in [-0.15, -0.1) is 0 Å². The van der Waals surface area contributed by atoms with Gasteiger partial charge < -0.3 is 0 Å². The molecule has 2 rings (SSSR count). The summed E-state index contributed by atoms with van der Waals surface area (Å²) in [6, 6.07) is 0. The molecule has 0 atom stereocenters. The molecule has 0 aliphatic carbocycles. The molecule has 3 N–H and O–H groups in total. The van der Waals surface area contributed by atoms with E-state index in [0.29, 0.717) is 18.1 Å². The maximum absolute atomic E-state index is 12.1. The maximum atomic E-state index is 12.1. The lowest BCUT2D eigenvalue weighted by Crippen LogP contribution is -2.37. The Morgan fingerprint density at radius 2 is 1.95 bits per heavy atom. The molecule has 0 fully saturated rings. The minimum atomic E-state index is -0.412. The molecule has 104 valence electrons. The monoisotopic (exact) mass is 266 g/mol. The summed E-state index contributed by atoms with van der Waals surface area (Å²) in [5.41, 5.74) is 2.43. The van der Waals surface area contributed by atoms with Crippen LogP contribution in [0.15, 0.2) is 9.59 Å². The summed E-state index contributed by atoms with van der Waals surface area (Å²) < 4.78 is 4.22. The van der Waals surface area contributed by atoms with Crippen LogP contribution in [0.1, 0.15) is 19.8 Å². The first kappa shape index (κ1) is 13.3. The van der Waals surface area contributed by atoms with Crippen LogP contribution in [0.2, 0.25) is 0 Å². The van der Waals surface area contributed by atoms with Crippen LogP contribution in [-0.2, 0) is 20.6 Å². The maximum Gasteiger partial charge on any atom is 0.332 e. The van der Waals surface area contributed by atoms with Crippen molar-refractivity contribution in [1.29, 1.82) is 0 Å². The average Bonchev–Trinajstić information content (AvgIpc) is 2.79. The van der Waals surface area contributed by atoms with Gasteiger partial charge >= 0.3 is 5.69 Å². The van der Waals surface area contributed by atoms with Gasteiger partial charge in [-0.3, -0.25) is 23.9 Å². The molecule has 0 spiro atoms. The van der Waals surface area contributed by atoms with Crippen molar-refractivity contribution in [3.63, 3.8) is 0 Å². The second-order valence-electron chi connectivity index (χ2n) is 4.46. The largest absolute Gasteiger partial charge is 0.332 e. The molecular weight excluding hydrogens is 248 g/mol. The van der Waals surface area contributed by atoms with Crippen molar-refractivity contribution in [3.8, 4) is 0 Å². The van der Waals surface area contributed by atoms with E-state index in [2.05, 4.69) is 17.3 Å². The van der Waals surface area contributed by atoms with E-state index in [1.54, 1.807) is 11.6 Å². The standard InChI is InChI=1S/C11H18N6O2/c1-4-5-6-17-8-7(13-10(17)14-12)9(18)16(3)11(19)15(8)2/h4-6,12H2,1-3H3,(H,13,14). The first-order chi connectivity index (χ1) is 9.02. The van der Waals surface area contributed by atoms with Crippen molar-refractivity contribution in [1.82, 2.24) is 18.7 Å².